The van der Waals surface area contributed by atoms with Crippen LogP contribution in [0, 0.1) is 0 Å². The van der Waals surface area contributed by atoms with Crippen molar-refractivity contribution in [1.29, 1.82) is 0 Å². The van der Waals surface area contributed by atoms with Gasteiger partial charge in [0.1, 0.15) is 5.75 Å². The Hall–Kier alpha value is -1.02. The van der Waals surface area contributed by atoms with Crippen molar-refractivity contribution in [1.82, 2.24) is 4.90 Å². The number of ether oxygens (including phenoxy) is 1. The van der Waals surface area contributed by atoms with Crippen LogP contribution in [0.2, 0.25) is 0 Å². The van der Waals surface area contributed by atoms with Crippen molar-refractivity contribution >= 4 is 0 Å². The topological polar surface area (TPSA) is 12.5 Å². The molecule has 18 heavy (non-hydrogen) atoms. The van der Waals surface area contributed by atoms with Gasteiger partial charge < -0.3 is 4.74 Å². The Bertz CT molecular complexity index is 377. The molecule has 100 valence electrons. The van der Waals surface area contributed by atoms with E-state index < -0.39 is 0 Å². The van der Waals surface area contributed by atoms with Crippen molar-refractivity contribution < 1.29 is 4.74 Å². The van der Waals surface area contributed by atoms with Crippen LogP contribution >= 0.6 is 0 Å². The summed E-state index contributed by atoms with van der Waals surface area (Å²) in [5.41, 5.74) is 1.73. The highest BCUT2D eigenvalue weighted by atomic mass is 16.5. The summed E-state index contributed by atoms with van der Waals surface area (Å²) in [5.74, 6) is 1.62. The van der Waals surface area contributed by atoms with Gasteiger partial charge in [0, 0.05) is 12.1 Å². The van der Waals surface area contributed by atoms with Crippen molar-refractivity contribution in [2.24, 2.45) is 0 Å². The molecule has 1 saturated heterocycles. The number of piperidine rings is 1. The molecule has 0 aliphatic carbocycles. The normalized spacial score (nSPS) is 21.9. The van der Waals surface area contributed by atoms with E-state index in [0.717, 1.165) is 5.75 Å². The van der Waals surface area contributed by atoms with Crippen LogP contribution < -0.4 is 4.74 Å². The monoisotopic (exact) mass is 247 g/mol. The smallest absolute Gasteiger partial charge is 0.118 e. The minimum absolute atomic E-state index is 0.283. The predicted octanol–water partition coefficient (Wildman–Crippen LogP) is 3.67. The van der Waals surface area contributed by atoms with Crippen LogP contribution in [0.3, 0.4) is 0 Å². The van der Waals surface area contributed by atoms with Crippen LogP contribution in [0.5, 0.6) is 5.75 Å². The van der Waals surface area contributed by atoms with Gasteiger partial charge in [0.05, 0.1) is 7.11 Å². The van der Waals surface area contributed by atoms with Crippen molar-refractivity contribution in [3.63, 3.8) is 0 Å². The predicted molar refractivity (Wildman–Crippen MR) is 76.3 cm³/mol. The van der Waals surface area contributed by atoms with E-state index in [1.807, 2.05) is 0 Å². The molecule has 1 unspecified atom stereocenters. The van der Waals surface area contributed by atoms with E-state index in [1.165, 1.54) is 31.5 Å². The van der Waals surface area contributed by atoms with Gasteiger partial charge in [-0.25, -0.2) is 0 Å². The fourth-order valence-electron chi connectivity index (χ4n) is 2.73. The van der Waals surface area contributed by atoms with Gasteiger partial charge in [0.25, 0.3) is 0 Å². The molecule has 2 rings (SSSR count). The number of nitrogens with zero attached hydrogens (tertiary/aromatic N) is 1. The van der Waals surface area contributed by atoms with Crippen LogP contribution in [0.4, 0.5) is 0 Å². The SMILES string of the molecule is COc1ccc(C2CCCN(C(C)(C)C)C2)cc1. The summed E-state index contributed by atoms with van der Waals surface area (Å²) < 4.78 is 5.22. The van der Waals surface area contributed by atoms with Crippen LogP contribution in [0.25, 0.3) is 0 Å². The molecule has 1 aliphatic heterocycles. The molecule has 1 aromatic rings. The lowest BCUT2D eigenvalue weighted by Gasteiger charge is -2.41. The summed E-state index contributed by atoms with van der Waals surface area (Å²) in [6, 6.07) is 8.59. The second-order valence-corrected chi connectivity index (χ2v) is 6.23. The Balaban J connectivity index is 2.08. The maximum absolute atomic E-state index is 5.22. The first-order valence-electron chi connectivity index (χ1n) is 6.89. The number of hydrogen-bond donors (Lipinski definition) is 0. The van der Waals surface area contributed by atoms with Gasteiger partial charge in [-0.15, -0.1) is 0 Å². The molecule has 0 N–H and O–H groups in total. The molecule has 0 bridgehead atoms. The first-order valence-corrected chi connectivity index (χ1v) is 6.89. The molecule has 1 atom stereocenters. The zero-order valence-electron chi connectivity index (χ0n) is 12.1. The van der Waals surface area contributed by atoms with Crippen molar-refractivity contribution in [3.8, 4) is 5.75 Å². The molecule has 1 aliphatic rings. The first kappa shape index (κ1) is 13.4. The molecule has 0 spiro atoms. The molecule has 1 heterocycles. The molecule has 2 nitrogen and oxygen atoms in total. The molecule has 0 radical (unpaired) electrons. The average molecular weight is 247 g/mol. The number of rotatable bonds is 2. The minimum atomic E-state index is 0.283. The Morgan fingerprint density at radius 3 is 2.39 bits per heavy atom. The fraction of sp³-hybridized carbons (Fsp3) is 0.625. The van der Waals surface area contributed by atoms with Gasteiger partial charge in [-0.1, -0.05) is 12.1 Å². The lowest BCUT2D eigenvalue weighted by molar-refractivity contribution is 0.0986. The Morgan fingerprint density at radius 2 is 1.83 bits per heavy atom. The van der Waals surface area contributed by atoms with Crippen LogP contribution in [0.15, 0.2) is 24.3 Å². The second-order valence-electron chi connectivity index (χ2n) is 6.23. The summed E-state index contributed by atoms with van der Waals surface area (Å²) in [6.45, 7) is 9.34. The largest absolute Gasteiger partial charge is 0.497 e. The molecular formula is C16H25NO. The lowest BCUT2D eigenvalue weighted by Crippen LogP contribution is -2.46. The van der Waals surface area contributed by atoms with Gasteiger partial charge in [-0.2, -0.15) is 0 Å². The average Bonchev–Trinajstić information content (AvgIpc) is 2.38. The number of likely N-dealkylation sites (tertiary alicyclic amines) is 1. The maximum Gasteiger partial charge on any atom is 0.118 e. The standard InChI is InChI=1S/C16H25NO/c1-16(2,3)17-11-5-6-14(12-17)13-7-9-15(18-4)10-8-13/h7-10,14H,5-6,11-12H2,1-4H3. The quantitative estimate of drug-likeness (QED) is 0.790. The summed E-state index contributed by atoms with van der Waals surface area (Å²) >= 11 is 0. The summed E-state index contributed by atoms with van der Waals surface area (Å²) in [4.78, 5) is 2.60. The number of hydrogen-bond acceptors (Lipinski definition) is 2. The molecular weight excluding hydrogens is 222 g/mol. The maximum atomic E-state index is 5.22. The van der Waals surface area contributed by atoms with Crippen molar-refractivity contribution in [2.75, 3.05) is 20.2 Å². The molecule has 1 aromatic carbocycles. The van der Waals surface area contributed by atoms with Gasteiger partial charge in [0.15, 0.2) is 0 Å². The van der Waals surface area contributed by atoms with E-state index in [4.69, 9.17) is 4.74 Å². The van der Waals surface area contributed by atoms with E-state index in [2.05, 4.69) is 49.9 Å². The zero-order chi connectivity index (χ0) is 13.2. The highest BCUT2D eigenvalue weighted by molar-refractivity contribution is 5.29. The summed E-state index contributed by atoms with van der Waals surface area (Å²) in [6.07, 6.45) is 2.60. The van der Waals surface area contributed by atoms with Gasteiger partial charge in [0.2, 0.25) is 0 Å². The van der Waals surface area contributed by atoms with E-state index in [-0.39, 0.29) is 5.54 Å². The van der Waals surface area contributed by atoms with E-state index >= 15 is 0 Å². The van der Waals surface area contributed by atoms with Crippen LogP contribution in [0.1, 0.15) is 45.1 Å². The van der Waals surface area contributed by atoms with Crippen LogP contribution in [-0.4, -0.2) is 30.6 Å². The molecule has 0 amide bonds. The molecule has 0 aromatic heterocycles. The van der Waals surface area contributed by atoms with E-state index in [9.17, 15) is 0 Å². The second kappa shape index (κ2) is 5.31. The summed E-state index contributed by atoms with van der Waals surface area (Å²) in [5, 5.41) is 0. The van der Waals surface area contributed by atoms with E-state index in [1.54, 1.807) is 7.11 Å². The molecule has 0 saturated carbocycles. The molecule has 1 fully saturated rings. The third kappa shape index (κ3) is 3.05. The van der Waals surface area contributed by atoms with Crippen molar-refractivity contribution in [2.45, 2.75) is 45.1 Å². The highest BCUT2D eigenvalue weighted by Crippen LogP contribution is 2.31. The van der Waals surface area contributed by atoms with Crippen LogP contribution in [-0.2, 0) is 0 Å². The van der Waals surface area contributed by atoms with Gasteiger partial charge in [-0.3, -0.25) is 4.90 Å². The minimum Gasteiger partial charge on any atom is -0.497 e. The Morgan fingerprint density at radius 1 is 1.17 bits per heavy atom. The van der Waals surface area contributed by atoms with Crippen molar-refractivity contribution in [3.05, 3.63) is 29.8 Å². The fourth-order valence-corrected chi connectivity index (χ4v) is 2.73. The first-order chi connectivity index (χ1) is 8.50. The number of benzene rings is 1. The third-order valence-corrected chi connectivity index (χ3v) is 3.96. The van der Waals surface area contributed by atoms with E-state index in [0.29, 0.717) is 5.92 Å². The zero-order valence-corrected chi connectivity index (χ0v) is 12.1. The Kier molecular flexibility index (Phi) is 3.96. The number of methoxy groups -OCH3 is 1. The Labute approximate surface area is 111 Å². The summed E-state index contributed by atoms with van der Waals surface area (Å²) in [7, 11) is 1.72. The van der Waals surface area contributed by atoms with Gasteiger partial charge in [-0.05, 0) is 63.8 Å². The third-order valence-electron chi connectivity index (χ3n) is 3.96. The highest BCUT2D eigenvalue weighted by Gasteiger charge is 2.28. The molecule has 2 heteroatoms. The van der Waals surface area contributed by atoms with Gasteiger partial charge >= 0.3 is 0 Å². The lowest BCUT2D eigenvalue weighted by atomic mass is 9.88.